The number of H-pyrrole nitrogens is 1. The maximum atomic E-state index is 13.2. The van der Waals surface area contributed by atoms with Crippen LogP contribution in [0.15, 0.2) is 54.7 Å². The number of aromatic nitrogens is 1. The summed E-state index contributed by atoms with van der Waals surface area (Å²) in [4.78, 5) is 20.9. The van der Waals surface area contributed by atoms with Crippen molar-refractivity contribution in [1.82, 2.24) is 14.8 Å². The Balaban J connectivity index is 1.15. The molecule has 2 aliphatic heterocycles. The first kappa shape index (κ1) is 19.3. The van der Waals surface area contributed by atoms with Crippen LogP contribution >= 0.6 is 0 Å². The second kappa shape index (κ2) is 8.23. The minimum Gasteiger partial charge on any atom is -0.361 e. The van der Waals surface area contributed by atoms with Gasteiger partial charge in [0, 0.05) is 31.2 Å². The Morgan fingerprint density at radius 3 is 2.60 bits per heavy atom. The molecule has 0 aliphatic carbocycles. The lowest BCUT2D eigenvalue weighted by atomic mass is 9.89. The molecule has 0 unspecified atom stereocenters. The number of benzene rings is 2. The number of fused-ring (bicyclic) bond motifs is 1. The third kappa shape index (κ3) is 3.86. The number of halogens is 1. The van der Waals surface area contributed by atoms with Crippen LogP contribution in [0.2, 0.25) is 0 Å². The zero-order chi connectivity index (χ0) is 20.5. The molecule has 5 rings (SSSR count). The lowest BCUT2D eigenvalue weighted by Gasteiger charge is -2.33. The number of hydrogen-bond acceptors (Lipinski definition) is 2. The minimum absolute atomic E-state index is 0.139. The van der Waals surface area contributed by atoms with E-state index in [1.165, 1.54) is 5.56 Å². The summed E-state index contributed by atoms with van der Waals surface area (Å²) in [5, 5.41) is 1.08. The molecular formula is C25H28FN3O. The molecule has 156 valence electrons. The molecule has 2 saturated heterocycles. The summed E-state index contributed by atoms with van der Waals surface area (Å²) in [6.07, 6.45) is 5.21. The van der Waals surface area contributed by atoms with Crippen molar-refractivity contribution in [3.05, 3.63) is 71.7 Å². The number of nitrogens with zero attached hydrogens (tertiary/aromatic N) is 2. The van der Waals surface area contributed by atoms with Gasteiger partial charge >= 0.3 is 0 Å². The second-order valence-electron chi connectivity index (χ2n) is 8.78. The summed E-state index contributed by atoms with van der Waals surface area (Å²) in [6.45, 7) is 4.90. The molecular weight excluding hydrogens is 377 g/mol. The van der Waals surface area contributed by atoms with E-state index in [0.717, 1.165) is 68.5 Å². The largest absolute Gasteiger partial charge is 0.361 e. The predicted molar refractivity (Wildman–Crippen MR) is 117 cm³/mol. The molecule has 5 heteroatoms. The fourth-order valence-corrected chi connectivity index (χ4v) is 5.15. The predicted octanol–water partition coefficient (Wildman–Crippen LogP) is 4.65. The van der Waals surface area contributed by atoms with E-state index < -0.39 is 0 Å². The van der Waals surface area contributed by atoms with Gasteiger partial charge in [-0.2, -0.15) is 0 Å². The van der Waals surface area contributed by atoms with Crippen molar-refractivity contribution in [1.29, 1.82) is 0 Å². The number of carbonyl (C=O) groups excluding carboxylic acids is 1. The zero-order valence-electron chi connectivity index (χ0n) is 17.2. The molecule has 3 heterocycles. The highest BCUT2D eigenvalue weighted by molar-refractivity contribution is 6.05. The highest BCUT2D eigenvalue weighted by Gasteiger charge is 2.30. The molecule has 2 aromatic carbocycles. The Bertz CT molecular complexity index is 1020. The van der Waals surface area contributed by atoms with Gasteiger partial charge in [-0.3, -0.25) is 4.79 Å². The van der Waals surface area contributed by atoms with Gasteiger partial charge in [0.2, 0.25) is 0 Å². The molecule has 1 atom stereocenters. The SMILES string of the molecule is O=C(c1cccc2cc[nH]c12)N1CC[C@H](CN2CCC(c3ccc(F)cc3)CC2)C1. The van der Waals surface area contributed by atoms with Crippen molar-refractivity contribution in [3.8, 4) is 0 Å². The third-order valence-corrected chi connectivity index (χ3v) is 6.84. The van der Waals surface area contributed by atoms with Gasteiger partial charge in [-0.05, 0) is 74.0 Å². The van der Waals surface area contributed by atoms with Crippen molar-refractivity contribution in [3.63, 3.8) is 0 Å². The van der Waals surface area contributed by atoms with E-state index in [1.807, 2.05) is 47.5 Å². The first-order valence-corrected chi connectivity index (χ1v) is 11.0. The normalized spacial score (nSPS) is 20.8. The molecule has 4 nitrogen and oxygen atoms in total. The van der Waals surface area contributed by atoms with Gasteiger partial charge in [0.15, 0.2) is 0 Å². The number of hydrogen-bond donors (Lipinski definition) is 1. The lowest BCUT2D eigenvalue weighted by Crippen LogP contribution is -2.37. The van der Waals surface area contributed by atoms with Gasteiger partial charge in [-0.15, -0.1) is 0 Å². The van der Waals surface area contributed by atoms with Gasteiger partial charge < -0.3 is 14.8 Å². The van der Waals surface area contributed by atoms with E-state index in [9.17, 15) is 9.18 Å². The summed E-state index contributed by atoms with van der Waals surface area (Å²) >= 11 is 0. The molecule has 1 amide bonds. The molecule has 2 aliphatic rings. The first-order valence-electron chi connectivity index (χ1n) is 11.0. The number of rotatable bonds is 4. The Morgan fingerprint density at radius 1 is 1.00 bits per heavy atom. The smallest absolute Gasteiger partial charge is 0.255 e. The zero-order valence-corrected chi connectivity index (χ0v) is 17.2. The molecule has 0 radical (unpaired) electrons. The van der Waals surface area contributed by atoms with Gasteiger partial charge in [0.1, 0.15) is 5.82 Å². The highest BCUT2D eigenvalue weighted by atomic mass is 19.1. The molecule has 0 spiro atoms. The molecule has 1 N–H and O–H groups in total. The molecule has 2 fully saturated rings. The second-order valence-corrected chi connectivity index (χ2v) is 8.78. The number of aromatic amines is 1. The summed E-state index contributed by atoms with van der Waals surface area (Å²) < 4.78 is 13.2. The number of piperidine rings is 1. The average Bonchev–Trinajstić information content (AvgIpc) is 3.44. The van der Waals surface area contributed by atoms with Crippen LogP contribution in [0.4, 0.5) is 4.39 Å². The van der Waals surface area contributed by atoms with Crippen LogP contribution in [0.25, 0.3) is 10.9 Å². The lowest BCUT2D eigenvalue weighted by molar-refractivity contribution is 0.0783. The Labute approximate surface area is 176 Å². The third-order valence-electron chi connectivity index (χ3n) is 6.84. The molecule has 0 bridgehead atoms. The maximum Gasteiger partial charge on any atom is 0.255 e. The summed E-state index contributed by atoms with van der Waals surface area (Å²) in [7, 11) is 0. The van der Waals surface area contributed by atoms with Crippen LogP contribution in [-0.2, 0) is 0 Å². The monoisotopic (exact) mass is 405 g/mol. The maximum absolute atomic E-state index is 13.2. The summed E-state index contributed by atoms with van der Waals surface area (Å²) in [5.74, 6) is 1.05. The van der Waals surface area contributed by atoms with Crippen molar-refractivity contribution >= 4 is 16.8 Å². The van der Waals surface area contributed by atoms with Gasteiger partial charge in [0.05, 0.1) is 11.1 Å². The van der Waals surface area contributed by atoms with Gasteiger partial charge in [0.25, 0.3) is 5.91 Å². The van der Waals surface area contributed by atoms with Crippen LogP contribution in [0.1, 0.15) is 41.1 Å². The number of para-hydroxylation sites is 1. The van der Waals surface area contributed by atoms with Gasteiger partial charge in [-0.1, -0.05) is 24.3 Å². The quantitative estimate of drug-likeness (QED) is 0.686. The Hall–Kier alpha value is -2.66. The standard InChI is InChI=1S/C25H28FN3O/c26-22-6-4-19(5-7-22)20-10-13-28(14-11-20)16-18-9-15-29(17-18)25(30)23-3-1-2-21-8-12-27-24(21)23/h1-8,12,18,20,27H,9-11,13-17H2/t18-/m1/s1. The van der Waals surface area contributed by atoms with Crippen LogP contribution in [0.5, 0.6) is 0 Å². The number of carbonyl (C=O) groups is 1. The van der Waals surface area contributed by atoms with Crippen molar-refractivity contribution in [2.24, 2.45) is 5.92 Å². The van der Waals surface area contributed by atoms with E-state index in [2.05, 4.69) is 9.88 Å². The number of amides is 1. The first-order chi connectivity index (χ1) is 14.7. The highest BCUT2D eigenvalue weighted by Crippen LogP contribution is 2.30. The van der Waals surface area contributed by atoms with E-state index in [-0.39, 0.29) is 11.7 Å². The van der Waals surface area contributed by atoms with Crippen molar-refractivity contribution in [2.45, 2.75) is 25.2 Å². The average molecular weight is 406 g/mol. The van der Waals surface area contributed by atoms with Crippen LogP contribution in [-0.4, -0.2) is 53.4 Å². The van der Waals surface area contributed by atoms with Crippen molar-refractivity contribution in [2.75, 3.05) is 32.7 Å². The fourth-order valence-electron chi connectivity index (χ4n) is 5.15. The fraction of sp³-hybridized carbons (Fsp3) is 0.400. The van der Waals surface area contributed by atoms with Crippen molar-refractivity contribution < 1.29 is 9.18 Å². The van der Waals surface area contributed by atoms with E-state index in [4.69, 9.17) is 0 Å². The summed E-state index contributed by atoms with van der Waals surface area (Å²) in [6, 6.07) is 14.9. The molecule has 30 heavy (non-hydrogen) atoms. The molecule has 3 aromatic rings. The van der Waals surface area contributed by atoms with Gasteiger partial charge in [-0.25, -0.2) is 4.39 Å². The van der Waals surface area contributed by atoms with Crippen LogP contribution in [0, 0.1) is 11.7 Å². The van der Waals surface area contributed by atoms with E-state index in [0.29, 0.717) is 11.8 Å². The Kier molecular flexibility index (Phi) is 5.30. The minimum atomic E-state index is -0.163. The Morgan fingerprint density at radius 2 is 1.80 bits per heavy atom. The summed E-state index contributed by atoms with van der Waals surface area (Å²) in [5.41, 5.74) is 2.97. The topological polar surface area (TPSA) is 39.3 Å². The number of likely N-dealkylation sites (tertiary alicyclic amines) is 2. The number of nitrogens with one attached hydrogen (secondary N) is 1. The molecule has 0 saturated carbocycles. The van der Waals surface area contributed by atoms with Crippen LogP contribution in [0.3, 0.4) is 0 Å². The van der Waals surface area contributed by atoms with Crippen LogP contribution < -0.4 is 0 Å². The molecule has 1 aromatic heterocycles. The van der Waals surface area contributed by atoms with E-state index in [1.54, 1.807) is 12.1 Å². The van der Waals surface area contributed by atoms with E-state index >= 15 is 0 Å².